The van der Waals surface area contributed by atoms with Gasteiger partial charge in [-0.25, -0.2) is 0 Å². The van der Waals surface area contributed by atoms with Gasteiger partial charge in [0.05, 0.1) is 6.54 Å². The molecule has 0 atom stereocenters. The van der Waals surface area contributed by atoms with Crippen molar-refractivity contribution >= 4 is 11.6 Å². The van der Waals surface area contributed by atoms with E-state index in [4.69, 9.17) is 0 Å². The number of nitrogens with one attached hydrogen (secondary N) is 1. The fourth-order valence-electron chi connectivity index (χ4n) is 3.17. The summed E-state index contributed by atoms with van der Waals surface area (Å²) in [5.74, 6) is 0.0659. The first kappa shape index (κ1) is 17.6. The highest BCUT2D eigenvalue weighted by Crippen LogP contribution is 2.13. The number of carbonyl (C=O) groups excluding carboxylic acids is 1. The van der Waals surface area contributed by atoms with Gasteiger partial charge in [-0.15, -0.1) is 0 Å². The Kier molecular flexibility index (Phi) is 5.84. The number of hydrogen-bond acceptors (Lipinski definition) is 3. The van der Waals surface area contributed by atoms with Gasteiger partial charge in [0.25, 0.3) is 0 Å². The van der Waals surface area contributed by atoms with E-state index in [1.54, 1.807) is 0 Å². The molecule has 0 aliphatic carbocycles. The number of anilines is 1. The van der Waals surface area contributed by atoms with E-state index >= 15 is 0 Å². The summed E-state index contributed by atoms with van der Waals surface area (Å²) in [4.78, 5) is 16.9. The van der Waals surface area contributed by atoms with Crippen LogP contribution in [-0.2, 0) is 11.3 Å². The molecule has 4 nitrogen and oxygen atoms in total. The van der Waals surface area contributed by atoms with E-state index in [0.29, 0.717) is 6.54 Å². The zero-order valence-corrected chi connectivity index (χ0v) is 15.2. The zero-order valence-electron chi connectivity index (χ0n) is 15.2. The summed E-state index contributed by atoms with van der Waals surface area (Å²) in [6, 6.07) is 16.5. The highest BCUT2D eigenvalue weighted by molar-refractivity contribution is 5.92. The van der Waals surface area contributed by atoms with Gasteiger partial charge in [-0.2, -0.15) is 0 Å². The summed E-state index contributed by atoms with van der Waals surface area (Å²) in [5, 5.41) is 2.98. The van der Waals surface area contributed by atoms with Gasteiger partial charge in [-0.3, -0.25) is 14.6 Å². The minimum atomic E-state index is 0.0659. The first-order valence-corrected chi connectivity index (χ1v) is 8.96. The number of rotatable bonds is 5. The van der Waals surface area contributed by atoms with Crippen LogP contribution in [-0.4, -0.2) is 48.4 Å². The SMILES string of the molecule is Cc1ccc(NC(=O)CN2CCN(Cc3ccccc3C)CC2)cc1. The van der Waals surface area contributed by atoms with Crippen LogP contribution < -0.4 is 5.32 Å². The molecule has 1 aliphatic rings. The lowest BCUT2D eigenvalue weighted by molar-refractivity contribution is -0.117. The van der Waals surface area contributed by atoms with Gasteiger partial charge >= 0.3 is 0 Å². The quantitative estimate of drug-likeness (QED) is 0.911. The van der Waals surface area contributed by atoms with Crippen LogP contribution in [0.15, 0.2) is 48.5 Å². The van der Waals surface area contributed by atoms with E-state index < -0.39 is 0 Å². The first-order valence-electron chi connectivity index (χ1n) is 8.96. The normalized spacial score (nSPS) is 15.9. The van der Waals surface area contributed by atoms with E-state index in [-0.39, 0.29) is 5.91 Å². The van der Waals surface area contributed by atoms with Crippen LogP contribution in [0.5, 0.6) is 0 Å². The van der Waals surface area contributed by atoms with Gasteiger partial charge in [0.1, 0.15) is 0 Å². The van der Waals surface area contributed by atoms with Gasteiger partial charge in [0, 0.05) is 38.4 Å². The maximum atomic E-state index is 12.2. The Morgan fingerprint density at radius 3 is 2.24 bits per heavy atom. The maximum Gasteiger partial charge on any atom is 0.238 e. The van der Waals surface area contributed by atoms with Crippen molar-refractivity contribution in [2.24, 2.45) is 0 Å². The highest BCUT2D eigenvalue weighted by Gasteiger charge is 2.19. The number of benzene rings is 2. The Hall–Kier alpha value is -2.17. The van der Waals surface area contributed by atoms with E-state index in [1.807, 2.05) is 31.2 Å². The summed E-state index contributed by atoms with van der Waals surface area (Å²) >= 11 is 0. The first-order chi connectivity index (χ1) is 12.1. The topological polar surface area (TPSA) is 35.6 Å². The highest BCUT2D eigenvalue weighted by atomic mass is 16.2. The van der Waals surface area contributed by atoms with Gasteiger partial charge in [-0.1, -0.05) is 42.0 Å². The van der Waals surface area contributed by atoms with Crippen LogP contribution in [0.1, 0.15) is 16.7 Å². The molecule has 0 bridgehead atoms. The van der Waals surface area contributed by atoms with E-state index in [9.17, 15) is 4.79 Å². The van der Waals surface area contributed by atoms with Crippen molar-refractivity contribution in [2.45, 2.75) is 20.4 Å². The van der Waals surface area contributed by atoms with Crippen LogP contribution >= 0.6 is 0 Å². The molecule has 132 valence electrons. The minimum Gasteiger partial charge on any atom is -0.325 e. The molecular weight excluding hydrogens is 310 g/mol. The number of carbonyl (C=O) groups is 1. The molecular formula is C21H27N3O. The van der Waals surface area contributed by atoms with Crippen molar-refractivity contribution < 1.29 is 4.79 Å². The molecule has 0 saturated carbocycles. The molecule has 2 aromatic rings. The molecule has 1 N–H and O–H groups in total. The van der Waals surface area contributed by atoms with Crippen LogP contribution in [0.2, 0.25) is 0 Å². The van der Waals surface area contributed by atoms with Crippen molar-refractivity contribution in [3.05, 3.63) is 65.2 Å². The summed E-state index contributed by atoms with van der Waals surface area (Å²) in [6.45, 7) is 9.56. The molecule has 1 saturated heterocycles. The minimum absolute atomic E-state index is 0.0659. The monoisotopic (exact) mass is 337 g/mol. The molecule has 1 fully saturated rings. The molecule has 2 aromatic carbocycles. The van der Waals surface area contributed by atoms with Crippen LogP contribution in [0.4, 0.5) is 5.69 Å². The third kappa shape index (κ3) is 5.15. The molecule has 1 heterocycles. The zero-order chi connectivity index (χ0) is 17.6. The number of nitrogens with zero attached hydrogens (tertiary/aromatic N) is 2. The standard InChI is InChI=1S/C21H27N3O/c1-17-7-9-20(10-8-17)22-21(25)16-24-13-11-23(12-14-24)15-19-6-4-3-5-18(19)2/h3-10H,11-16H2,1-2H3,(H,22,25). The summed E-state index contributed by atoms with van der Waals surface area (Å²) in [7, 11) is 0. The molecule has 0 aromatic heterocycles. The Bertz CT molecular complexity index is 703. The lowest BCUT2D eigenvalue weighted by atomic mass is 10.1. The molecule has 0 radical (unpaired) electrons. The van der Waals surface area contributed by atoms with Gasteiger partial charge in [0.15, 0.2) is 0 Å². The molecule has 25 heavy (non-hydrogen) atoms. The average molecular weight is 337 g/mol. The lowest BCUT2D eigenvalue weighted by Gasteiger charge is -2.34. The molecule has 1 amide bonds. The van der Waals surface area contributed by atoms with Crippen molar-refractivity contribution in [1.82, 2.24) is 9.80 Å². The fourth-order valence-corrected chi connectivity index (χ4v) is 3.17. The fraction of sp³-hybridized carbons (Fsp3) is 0.381. The third-order valence-electron chi connectivity index (χ3n) is 4.82. The Morgan fingerprint density at radius 1 is 0.920 bits per heavy atom. The number of aryl methyl sites for hydroxylation is 2. The number of piperazine rings is 1. The van der Waals surface area contributed by atoms with Crippen molar-refractivity contribution in [1.29, 1.82) is 0 Å². The molecule has 0 spiro atoms. The van der Waals surface area contributed by atoms with E-state index in [0.717, 1.165) is 38.4 Å². The smallest absolute Gasteiger partial charge is 0.238 e. The Balaban J connectivity index is 1.43. The summed E-state index contributed by atoms with van der Waals surface area (Å²) in [6.07, 6.45) is 0. The predicted octanol–water partition coefficient (Wildman–Crippen LogP) is 3.06. The molecule has 1 aliphatic heterocycles. The largest absolute Gasteiger partial charge is 0.325 e. The Labute approximate surface area is 150 Å². The maximum absolute atomic E-state index is 12.2. The second-order valence-corrected chi connectivity index (χ2v) is 6.89. The van der Waals surface area contributed by atoms with Gasteiger partial charge in [0.2, 0.25) is 5.91 Å². The van der Waals surface area contributed by atoms with Crippen molar-refractivity contribution in [3.8, 4) is 0 Å². The summed E-state index contributed by atoms with van der Waals surface area (Å²) in [5.41, 5.74) is 4.81. The second-order valence-electron chi connectivity index (χ2n) is 6.89. The van der Waals surface area contributed by atoms with Gasteiger partial charge < -0.3 is 5.32 Å². The van der Waals surface area contributed by atoms with Crippen LogP contribution in [0.25, 0.3) is 0 Å². The average Bonchev–Trinajstić information content (AvgIpc) is 2.61. The third-order valence-corrected chi connectivity index (χ3v) is 4.82. The van der Waals surface area contributed by atoms with E-state index in [2.05, 4.69) is 46.3 Å². The van der Waals surface area contributed by atoms with Gasteiger partial charge in [-0.05, 0) is 37.1 Å². The Morgan fingerprint density at radius 2 is 1.56 bits per heavy atom. The van der Waals surface area contributed by atoms with E-state index in [1.165, 1.54) is 16.7 Å². The number of amides is 1. The second kappa shape index (κ2) is 8.28. The molecule has 0 unspecified atom stereocenters. The summed E-state index contributed by atoms with van der Waals surface area (Å²) < 4.78 is 0. The number of hydrogen-bond donors (Lipinski definition) is 1. The molecule has 3 rings (SSSR count). The predicted molar refractivity (Wildman–Crippen MR) is 103 cm³/mol. The molecule has 4 heteroatoms. The van der Waals surface area contributed by atoms with Crippen molar-refractivity contribution in [2.75, 3.05) is 38.0 Å². The lowest BCUT2D eigenvalue weighted by Crippen LogP contribution is -2.48. The van der Waals surface area contributed by atoms with Crippen LogP contribution in [0, 0.1) is 13.8 Å². The van der Waals surface area contributed by atoms with Crippen LogP contribution in [0.3, 0.4) is 0 Å². The van der Waals surface area contributed by atoms with Crippen molar-refractivity contribution in [3.63, 3.8) is 0 Å².